The number of carbonyl (C=O) groups is 1. The van der Waals surface area contributed by atoms with Gasteiger partial charge in [0.2, 0.25) is 5.91 Å². The molecule has 0 fully saturated rings. The van der Waals surface area contributed by atoms with Crippen LogP contribution in [0.25, 0.3) is 0 Å². The highest BCUT2D eigenvalue weighted by Crippen LogP contribution is 2.18. The van der Waals surface area contributed by atoms with E-state index in [1.807, 2.05) is 0 Å². The molecule has 3 nitrogen and oxygen atoms in total. The van der Waals surface area contributed by atoms with Gasteiger partial charge in [0.1, 0.15) is 5.82 Å². The maximum absolute atomic E-state index is 13.6. The largest absolute Gasteiger partial charge is 0.349 e. The van der Waals surface area contributed by atoms with Crippen LogP contribution in [0.2, 0.25) is 0 Å². The summed E-state index contributed by atoms with van der Waals surface area (Å²) in [6.07, 6.45) is 1.32. The molecule has 1 aromatic carbocycles. The lowest BCUT2D eigenvalue weighted by atomic mass is 9.94. The van der Waals surface area contributed by atoms with Gasteiger partial charge in [-0.05, 0) is 37.8 Å². The third-order valence-electron chi connectivity index (χ3n) is 3.36. The lowest BCUT2D eigenvalue weighted by Crippen LogP contribution is -2.31. The highest BCUT2D eigenvalue weighted by atomic mass is 19.1. The molecule has 0 radical (unpaired) electrons. The molecule has 1 rings (SSSR count). The Hall–Kier alpha value is -1.42. The average molecular weight is 280 g/mol. The third-order valence-corrected chi connectivity index (χ3v) is 3.36. The topological polar surface area (TPSA) is 55.1 Å². The highest BCUT2D eigenvalue weighted by Gasteiger charge is 2.17. The van der Waals surface area contributed by atoms with Crippen molar-refractivity contribution in [3.05, 3.63) is 35.6 Å². The van der Waals surface area contributed by atoms with Crippen molar-refractivity contribution in [3.8, 4) is 0 Å². The number of nitrogens with one attached hydrogen (secondary N) is 1. The number of hydrogen-bond acceptors (Lipinski definition) is 2. The van der Waals surface area contributed by atoms with Crippen LogP contribution in [0.1, 0.15) is 45.2 Å². The predicted molar refractivity (Wildman–Crippen MR) is 79.6 cm³/mol. The van der Waals surface area contributed by atoms with E-state index in [4.69, 9.17) is 5.73 Å². The SMILES string of the molecule is CC(C)CC(CN)CC(=O)N[C@H](C)c1ccccc1F. The summed E-state index contributed by atoms with van der Waals surface area (Å²) >= 11 is 0. The van der Waals surface area contributed by atoms with E-state index >= 15 is 0 Å². The summed E-state index contributed by atoms with van der Waals surface area (Å²) < 4.78 is 13.6. The Kier molecular flexibility index (Phi) is 6.65. The molecule has 1 amide bonds. The fourth-order valence-corrected chi connectivity index (χ4v) is 2.40. The van der Waals surface area contributed by atoms with Gasteiger partial charge in [-0.25, -0.2) is 4.39 Å². The van der Waals surface area contributed by atoms with E-state index in [-0.39, 0.29) is 23.7 Å². The molecule has 0 aliphatic heterocycles. The van der Waals surface area contributed by atoms with Crippen LogP contribution in [0.3, 0.4) is 0 Å². The highest BCUT2D eigenvalue weighted by molar-refractivity contribution is 5.76. The van der Waals surface area contributed by atoms with Crippen molar-refractivity contribution in [1.82, 2.24) is 5.32 Å². The number of amides is 1. The number of hydrogen-bond donors (Lipinski definition) is 2. The lowest BCUT2D eigenvalue weighted by Gasteiger charge is -2.19. The van der Waals surface area contributed by atoms with Crippen molar-refractivity contribution < 1.29 is 9.18 Å². The molecular formula is C16H25FN2O. The van der Waals surface area contributed by atoms with Gasteiger partial charge in [0.05, 0.1) is 6.04 Å². The van der Waals surface area contributed by atoms with Gasteiger partial charge < -0.3 is 11.1 Å². The van der Waals surface area contributed by atoms with Crippen LogP contribution in [0.5, 0.6) is 0 Å². The molecule has 0 aliphatic carbocycles. The van der Waals surface area contributed by atoms with Crippen molar-refractivity contribution >= 4 is 5.91 Å². The van der Waals surface area contributed by atoms with Gasteiger partial charge in [-0.3, -0.25) is 4.79 Å². The first kappa shape index (κ1) is 16.6. The van der Waals surface area contributed by atoms with Gasteiger partial charge in [-0.1, -0.05) is 32.0 Å². The molecule has 0 aliphatic rings. The van der Waals surface area contributed by atoms with Crippen LogP contribution in [-0.2, 0) is 4.79 Å². The van der Waals surface area contributed by atoms with Crippen LogP contribution in [-0.4, -0.2) is 12.5 Å². The van der Waals surface area contributed by atoms with E-state index in [1.54, 1.807) is 25.1 Å². The van der Waals surface area contributed by atoms with E-state index in [9.17, 15) is 9.18 Å². The standard InChI is InChI=1S/C16H25FN2O/c1-11(2)8-13(10-18)9-16(20)19-12(3)14-6-4-5-7-15(14)17/h4-7,11-13H,8-10,18H2,1-3H3,(H,19,20)/t12-,13?/m1/s1. The Labute approximate surface area is 120 Å². The van der Waals surface area contributed by atoms with Crippen LogP contribution in [0.4, 0.5) is 4.39 Å². The Morgan fingerprint density at radius 3 is 2.50 bits per heavy atom. The summed E-state index contributed by atoms with van der Waals surface area (Å²) in [5, 5.41) is 2.84. The van der Waals surface area contributed by atoms with E-state index in [1.165, 1.54) is 6.07 Å². The molecular weight excluding hydrogens is 255 g/mol. The fourth-order valence-electron chi connectivity index (χ4n) is 2.40. The van der Waals surface area contributed by atoms with Gasteiger partial charge in [-0.15, -0.1) is 0 Å². The van der Waals surface area contributed by atoms with Crippen molar-refractivity contribution in [2.24, 2.45) is 17.6 Å². The Bertz CT molecular complexity index is 434. The summed E-state index contributed by atoms with van der Waals surface area (Å²) in [7, 11) is 0. The van der Waals surface area contributed by atoms with Crippen LogP contribution in [0.15, 0.2) is 24.3 Å². The second-order valence-electron chi connectivity index (χ2n) is 5.75. The second kappa shape index (κ2) is 8.00. The van der Waals surface area contributed by atoms with Crippen LogP contribution < -0.4 is 11.1 Å². The molecule has 20 heavy (non-hydrogen) atoms. The summed E-state index contributed by atoms with van der Waals surface area (Å²) in [6, 6.07) is 6.17. The van der Waals surface area contributed by atoms with Crippen molar-refractivity contribution in [2.75, 3.05) is 6.54 Å². The summed E-state index contributed by atoms with van der Waals surface area (Å²) in [4.78, 5) is 12.0. The Morgan fingerprint density at radius 2 is 1.95 bits per heavy atom. The first-order valence-corrected chi connectivity index (χ1v) is 7.17. The lowest BCUT2D eigenvalue weighted by molar-refractivity contribution is -0.122. The average Bonchev–Trinajstić information content (AvgIpc) is 2.37. The zero-order valence-electron chi connectivity index (χ0n) is 12.5. The quantitative estimate of drug-likeness (QED) is 0.806. The van der Waals surface area contributed by atoms with Gasteiger partial charge in [-0.2, -0.15) is 0 Å². The number of carbonyl (C=O) groups excluding carboxylic acids is 1. The molecule has 0 bridgehead atoms. The molecule has 4 heteroatoms. The number of rotatable bonds is 7. The maximum Gasteiger partial charge on any atom is 0.220 e. The molecule has 0 aromatic heterocycles. The molecule has 0 saturated carbocycles. The molecule has 1 aromatic rings. The van der Waals surface area contributed by atoms with E-state index in [0.717, 1.165) is 6.42 Å². The van der Waals surface area contributed by atoms with Crippen molar-refractivity contribution in [1.29, 1.82) is 0 Å². The van der Waals surface area contributed by atoms with Crippen molar-refractivity contribution in [3.63, 3.8) is 0 Å². The van der Waals surface area contributed by atoms with Crippen molar-refractivity contribution in [2.45, 2.75) is 39.7 Å². The van der Waals surface area contributed by atoms with Crippen LogP contribution in [0, 0.1) is 17.7 Å². The molecule has 2 atom stereocenters. The third kappa shape index (κ3) is 5.29. The van der Waals surface area contributed by atoms with Gasteiger partial charge >= 0.3 is 0 Å². The smallest absolute Gasteiger partial charge is 0.220 e. The van der Waals surface area contributed by atoms with Gasteiger partial charge in [0.15, 0.2) is 0 Å². The van der Waals surface area contributed by atoms with Gasteiger partial charge in [0.25, 0.3) is 0 Å². The Balaban J connectivity index is 2.55. The minimum absolute atomic E-state index is 0.0724. The Morgan fingerprint density at radius 1 is 1.30 bits per heavy atom. The first-order valence-electron chi connectivity index (χ1n) is 7.17. The molecule has 0 spiro atoms. The number of halogens is 1. The molecule has 3 N–H and O–H groups in total. The first-order chi connectivity index (χ1) is 9.43. The molecule has 0 saturated heterocycles. The molecule has 1 unspecified atom stereocenters. The minimum atomic E-state index is -0.332. The normalized spacial score (nSPS) is 14.1. The summed E-state index contributed by atoms with van der Waals surface area (Å²) in [5.74, 6) is 0.331. The minimum Gasteiger partial charge on any atom is -0.349 e. The zero-order valence-corrected chi connectivity index (χ0v) is 12.5. The number of nitrogens with two attached hydrogens (primary N) is 1. The zero-order chi connectivity index (χ0) is 15.1. The molecule has 112 valence electrons. The van der Waals surface area contributed by atoms with Crippen LogP contribution >= 0.6 is 0 Å². The monoisotopic (exact) mass is 280 g/mol. The maximum atomic E-state index is 13.6. The molecule has 0 heterocycles. The van der Waals surface area contributed by atoms with E-state index in [2.05, 4.69) is 19.2 Å². The van der Waals surface area contributed by atoms with E-state index in [0.29, 0.717) is 24.4 Å². The fraction of sp³-hybridized carbons (Fsp3) is 0.562. The predicted octanol–water partition coefficient (Wildman–Crippen LogP) is 3.01. The van der Waals surface area contributed by atoms with Gasteiger partial charge in [0, 0.05) is 12.0 Å². The summed E-state index contributed by atoms with van der Waals surface area (Å²) in [6.45, 7) is 6.51. The number of benzene rings is 1. The summed E-state index contributed by atoms with van der Waals surface area (Å²) in [5.41, 5.74) is 6.20. The van der Waals surface area contributed by atoms with E-state index < -0.39 is 0 Å². The second-order valence-corrected chi connectivity index (χ2v) is 5.75.